The lowest BCUT2D eigenvalue weighted by Crippen LogP contribution is -2.08. The summed E-state index contributed by atoms with van der Waals surface area (Å²) < 4.78 is 0. The molecule has 28 heavy (non-hydrogen) atoms. The van der Waals surface area contributed by atoms with Gasteiger partial charge in [0.25, 0.3) is 0 Å². The number of hydrogen-bond donors (Lipinski definition) is 0. The lowest BCUT2D eigenvalue weighted by atomic mass is 9.90. The maximum atomic E-state index is 2.33. The number of rotatable bonds is 5. The first kappa shape index (κ1) is 17.1. The van der Waals surface area contributed by atoms with E-state index in [0.29, 0.717) is 0 Å². The molecule has 1 nitrogen and oxygen atoms in total. The third kappa shape index (κ3) is 2.88. The van der Waals surface area contributed by atoms with Crippen LogP contribution in [0.5, 0.6) is 0 Å². The summed E-state index contributed by atoms with van der Waals surface area (Å²) in [7, 11) is 4.20. The van der Waals surface area contributed by atoms with Crippen molar-refractivity contribution in [1.82, 2.24) is 0 Å². The molecule has 5 rings (SSSR count). The van der Waals surface area contributed by atoms with Crippen LogP contribution in [0.15, 0.2) is 78.9 Å². The molecule has 5 aromatic rings. The van der Waals surface area contributed by atoms with Crippen LogP contribution in [-0.2, 0) is 12.8 Å². The first-order valence-electron chi connectivity index (χ1n) is 10.1. The van der Waals surface area contributed by atoms with E-state index in [0.717, 1.165) is 12.8 Å². The minimum atomic E-state index is 1.11. The summed E-state index contributed by atoms with van der Waals surface area (Å²) >= 11 is 0. The Morgan fingerprint density at radius 1 is 0.643 bits per heavy atom. The minimum absolute atomic E-state index is 1.11. The van der Waals surface area contributed by atoms with Gasteiger partial charge in [0.1, 0.15) is 0 Å². The molecule has 0 fully saturated rings. The number of nitrogens with zero attached hydrogens (tertiary/aromatic N) is 1. The summed E-state index contributed by atoms with van der Waals surface area (Å²) in [5.74, 6) is 0. The van der Waals surface area contributed by atoms with Crippen molar-refractivity contribution in [3.05, 3.63) is 90.0 Å². The van der Waals surface area contributed by atoms with Gasteiger partial charge in [-0.15, -0.1) is 0 Å². The van der Waals surface area contributed by atoms with Gasteiger partial charge in [0.2, 0.25) is 0 Å². The Labute approximate surface area is 166 Å². The molecule has 138 valence electrons. The van der Waals surface area contributed by atoms with Crippen LogP contribution in [0.25, 0.3) is 32.3 Å². The standard InChI is InChI=1S/C27H25N/c1-28(2)24-11-4-7-19(18-24)6-3-8-20-12-13-23-15-14-21-9-5-10-22-16-17-25(20)27(23)26(21)22/h4-5,7,9-18H,3,6,8H2,1-2H3. The van der Waals surface area contributed by atoms with Crippen molar-refractivity contribution in [2.45, 2.75) is 19.3 Å². The highest BCUT2D eigenvalue weighted by Gasteiger charge is 2.10. The minimum Gasteiger partial charge on any atom is -0.378 e. The predicted octanol–water partition coefficient (Wildman–Crippen LogP) is 6.83. The van der Waals surface area contributed by atoms with Gasteiger partial charge in [-0.1, -0.05) is 66.7 Å². The molecule has 0 aliphatic carbocycles. The van der Waals surface area contributed by atoms with Crippen LogP contribution in [0, 0.1) is 0 Å². The zero-order valence-electron chi connectivity index (χ0n) is 16.6. The van der Waals surface area contributed by atoms with E-state index in [9.17, 15) is 0 Å². The molecule has 0 atom stereocenters. The van der Waals surface area contributed by atoms with Gasteiger partial charge >= 0.3 is 0 Å². The molecule has 0 heterocycles. The first-order chi connectivity index (χ1) is 13.7. The van der Waals surface area contributed by atoms with Gasteiger partial charge in [-0.05, 0) is 74.8 Å². The van der Waals surface area contributed by atoms with Crippen molar-refractivity contribution in [3.8, 4) is 0 Å². The van der Waals surface area contributed by atoms with Crippen LogP contribution in [0.1, 0.15) is 17.5 Å². The van der Waals surface area contributed by atoms with Crippen LogP contribution in [-0.4, -0.2) is 14.1 Å². The van der Waals surface area contributed by atoms with E-state index in [2.05, 4.69) is 97.9 Å². The Morgan fingerprint density at radius 3 is 2.11 bits per heavy atom. The molecule has 0 aliphatic rings. The van der Waals surface area contributed by atoms with Crippen molar-refractivity contribution in [2.75, 3.05) is 19.0 Å². The van der Waals surface area contributed by atoms with Crippen molar-refractivity contribution < 1.29 is 0 Å². The van der Waals surface area contributed by atoms with E-state index in [1.165, 1.54) is 55.6 Å². The number of aryl methyl sites for hydroxylation is 2. The average Bonchev–Trinajstić information content (AvgIpc) is 2.73. The second-order valence-corrected chi connectivity index (χ2v) is 8.00. The molecule has 0 saturated heterocycles. The molecule has 5 aromatic carbocycles. The molecule has 0 aliphatic heterocycles. The Bertz CT molecular complexity index is 1250. The van der Waals surface area contributed by atoms with E-state index in [1.807, 2.05) is 0 Å². The smallest absolute Gasteiger partial charge is 0.0363 e. The summed E-state index contributed by atoms with van der Waals surface area (Å²) in [6, 6.07) is 29.3. The van der Waals surface area contributed by atoms with E-state index in [-0.39, 0.29) is 0 Å². The van der Waals surface area contributed by atoms with Crippen LogP contribution in [0.3, 0.4) is 0 Å². The maximum Gasteiger partial charge on any atom is 0.0363 e. The Hall–Kier alpha value is -3.06. The third-order valence-electron chi connectivity index (χ3n) is 5.96. The molecule has 0 saturated carbocycles. The fraction of sp³-hybridized carbons (Fsp3) is 0.185. The predicted molar refractivity (Wildman–Crippen MR) is 123 cm³/mol. The van der Waals surface area contributed by atoms with Crippen LogP contribution >= 0.6 is 0 Å². The largest absolute Gasteiger partial charge is 0.378 e. The molecular weight excluding hydrogens is 338 g/mol. The Kier molecular flexibility index (Phi) is 4.16. The maximum absolute atomic E-state index is 2.33. The topological polar surface area (TPSA) is 3.24 Å². The molecule has 0 unspecified atom stereocenters. The fourth-order valence-electron chi connectivity index (χ4n) is 4.49. The molecule has 1 heteroatoms. The SMILES string of the molecule is CN(C)c1cccc(CCCc2ccc3ccc4cccc5ccc2c3c45)c1. The number of benzene rings is 5. The second kappa shape index (κ2) is 6.83. The van der Waals surface area contributed by atoms with E-state index >= 15 is 0 Å². The third-order valence-corrected chi connectivity index (χ3v) is 5.96. The summed E-state index contributed by atoms with van der Waals surface area (Å²) in [5.41, 5.74) is 4.17. The molecule has 0 radical (unpaired) electrons. The zero-order valence-corrected chi connectivity index (χ0v) is 16.6. The van der Waals surface area contributed by atoms with Gasteiger partial charge in [0, 0.05) is 19.8 Å². The van der Waals surface area contributed by atoms with Gasteiger partial charge in [0.05, 0.1) is 0 Å². The summed E-state index contributed by atoms with van der Waals surface area (Å²) in [6.07, 6.45) is 3.39. The highest BCUT2D eigenvalue weighted by molar-refractivity contribution is 6.23. The summed E-state index contributed by atoms with van der Waals surface area (Å²) in [4.78, 5) is 2.17. The van der Waals surface area contributed by atoms with Crippen LogP contribution in [0.2, 0.25) is 0 Å². The number of anilines is 1. The normalized spacial score (nSPS) is 11.6. The molecule has 0 N–H and O–H groups in total. The summed E-state index contributed by atoms with van der Waals surface area (Å²) in [5, 5.41) is 8.30. The highest BCUT2D eigenvalue weighted by Crippen LogP contribution is 2.36. The van der Waals surface area contributed by atoms with E-state index in [4.69, 9.17) is 0 Å². The van der Waals surface area contributed by atoms with Crippen molar-refractivity contribution in [1.29, 1.82) is 0 Å². The molecule has 0 amide bonds. The molecule has 0 aromatic heterocycles. The van der Waals surface area contributed by atoms with Gasteiger partial charge in [-0.3, -0.25) is 0 Å². The highest BCUT2D eigenvalue weighted by atomic mass is 15.1. The lowest BCUT2D eigenvalue weighted by molar-refractivity contribution is 0.825. The Morgan fingerprint density at radius 2 is 1.32 bits per heavy atom. The molecular formula is C27H25N. The molecule has 0 bridgehead atoms. The monoisotopic (exact) mass is 363 g/mol. The first-order valence-corrected chi connectivity index (χ1v) is 10.1. The quantitative estimate of drug-likeness (QED) is 0.309. The van der Waals surface area contributed by atoms with E-state index < -0.39 is 0 Å². The van der Waals surface area contributed by atoms with Crippen molar-refractivity contribution in [2.24, 2.45) is 0 Å². The van der Waals surface area contributed by atoms with Gasteiger partial charge in [-0.25, -0.2) is 0 Å². The van der Waals surface area contributed by atoms with Crippen molar-refractivity contribution in [3.63, 3.8) is 0 Å². The van der Waals surface area contributed by atoms with E-state index in [1.54, 1.807) is 0 Å². The van der Waals surface area contributed by atoms with Crippen molar-refractivity contribution >= 4 is 38.0 Å². The molecule has 0 spiro atoms. The van der Waals surface area contributed by atoms with Crippen LogP contribution < -0.4 is 4.90 Å². The van der Waals surface area contributed by atoms with Crippen LogP contribution in [0.4, 0.5) is 5.69 Å². The zero-order chi connectivity index (χ0) is 19.1. The fourth-order valence-corrected chi connectivity index (χ4v) is 4.49. The average molecular weight is 364 g/mol. The second-order valence-electron chi connectivity index (χ2n) is 8.00. The lowest BCUT2D eigenvalue weighted by Gasteiger charge is -2.15. The summed E-state index contributed by atoms with van der Waals surface area (Å²) in [6.45, 7) is 0. The number of hydrogen-bond acceptors (Lipinski definition) is 1. The Balaban J connectivity index is 1.47. The van der Waals surface area contributed by atoms with Gasteiger partial charge < -0.3 is 4.90 Å². The van der Waals surface area contributed by atoms with Gasteiger partial charge in [-0.2, -0.15) is 0 Å². The van der Waals surface area contributed by atoms with Gasteiger partial charge in [0.15, 0.2) is 0 Å².